The van der Waals surface area contributed by atoms with Gasteiger partial charge in [-0.15, -0.1) is 5.10 Å². The van der Waals surface area contributed by atoms with Crippen molar-refractivity contribution in [1.82, 2.24) is 25.2 Å². The van der Waals surface area contributed by atoms with E-state index in [4.69, 9.17) is 19.9 Å². The normalized spacial score (nSPS) is 31.8. The van der Waals surface area contributed by atoms with Crippen LogP contribution in [0, 0.1) is 17.8 Å². The van der Waals surface area contributed by atoms with Crippen LogP contribution in [0.3, 0.4) is 0 Å². The van der Waals surface area contributed by atoms with Gasteiger partial charge in [-0.2, -0.15) is 0 Å². The highest BCUT2D eigenvalue weighted by molar-refractivity contribution is 6.15. The predicted octanol–water partition coefficient (Wildman–Crippen LogP) is 4.41. The van der Waals surface area contributed by atoms with Crippen molar-refractivity contribution in [2.45, 2.75) is 122 Å². The van der Waals surface area contributed by atoms with Crippen molar-refractivity contribution in [3.63, 3.8) is 0 Å². The Morgan fingerprint density at radius 1 is 1.17 bits per heavy atom. The lowest BCUT2D eigenvalue weighted by atomic mass is 9.62. The number of hydrogen-bond acceptors (Lipinski definition) is 11. The topological polar surface area (TPSA) is 168 Å². The number of methoxy groups -OCH3 is 1. The number of hydrogen-bond donors (Lipinski definition) is 2. The predicted molar refractivity (Wildman–Crippen MR) is 206 cm³/mol. The van der Waals surface area contributed by atoms with E-state index in [1.165, 1.54) is 13.0 Å². The van der Waals surface area contributed by atoms with Gasteiger partial charge in [-0.05, 0) is 96.3 Å². The molecule has 3 N–H and O–H groups in total. The average Bonchev–Trinajstić information content (AvgIpc) is 3.70. The number of unbranched alkanes of at least 4 members (excludes halogenated alkanes) is 1. The summed E-state index contributed by atoms with van der Waals surface area (Å²) in [5.74, 6) is -2.53. The summed E-state index contributed by atoms with van der Waals surface area (Å²) in [6.45, 7) is 14.3. The average molecular weight is 735 g/mol. The van der Waals surface area contributed by atoms with Gasteiger partial charge in [0, 0.05) is 43.4 Å². The number of fused-ring (bicyclic) bond motifs is 1. The summed E-state index contributed by atoms with van der Waals surface area (Å²) in [6, 6.07) is 6.52. The SMILES string of the molecule is B[C@@H]1[C@@H](C)C(=O)[C@@H](C)C(=O)O[C@H](CC)[C@@]2(C)OC(=O)N(CCCCn3cc(-c4cccc(N)c4)nn3)[C@@H]2[C@@H](C/C=C/C(C)=O)NC[C@H](C)C[C@@]1(C)OC. The maximum Gasteiger partial charge on any atom is 0.410 e. The van der Waals surface area contributed by atoms with E-state index in [1.54, 1.807) is 23.6 Å². The number of carbonyl (C=O) groups excluding carboxylic acids is 4. The van der Waals surface area contributed by atoms with E-state index >= 15 is 0 Å². The highest BCUT2D eigenvalue weighted by atomic mass is 16.6. The Bertz CT molecular complexity index is 1630. The lowest BCUT2D eigenvalue weighted by Gasteiger charge is -2.42. The van der Waals surface area contributed by atoms with Crippen molar-refractivity contribution in [2.75, 3.05) is 25.9 Å². The van der Waals surface area contributed by atoms with Gasteiger partial charge in [0.25, 0.3) is 0 Å². The molecule has 2 aliphatic rings. The Balaban J connectivity index is 1.65. The quantitative estimate of drug-likeness (QED) is 0.0838. The number of carbonyl (C=O) groups is 4. The largest absolute Gasteiger partial charge is 0.458 e. The summed E-state index contributed by atoms with van der Waals surface area (Å²) in [4.78, 5) is 55.1. The Labute approximate surface area is 315 Å². The molecule has 0 aliphatic carbocycles. The highest BCUT2D eigenvalue weighted by Gasteiger charge is 2.59. The molecule has 2 aromatic rings. The number of amides is 1. The second-order valence-corrected chi connectivity index (χ2v) is 15.5. The van der Waals surface area contributed by atoms with Crippen molar-refractivity contribution >= 4 is 37.2 Å². The molecule has 1 aromatic carbocycles. The van der Waals surface area contributed by atoms with E-state index in [0.29, 0.717) is 57.4 Å². The standard InChI is InChI=1S/C39H59BN6O7/c1-9-32-39(7)35(46(37(50)53-39)19-11-10-18-45-23-31(43-44-45)28-15-13-16-29(41)20-28)30(17-12-14-25(3)47)42-22-24(2)21-38(6,51-8)34(40)26(4)33(48)27(5)36(49)52-32/h12-16,20,23-24,26-27,30,32,34-35,42H,9-11,17-19,21-22,40-41H2,1-8H3/b14-12+/t24-,26+,27-,30-,32-,34-,35-,38-,39-/m1/s1. The number of allylic oxidation sites excluding steroid dienone is 1. The summed E-state index contributed by atoms with van der Waals surface area (Å²) >= 11 is 0. The Morgan fingerprint density at radius 3 is 2.55 bits per heavy atom. The number of nitrogens with two attached hydrogens (primary N) is 1. The number of rotatable bonds is 11. The number of nitrogens with one attached hydrogen (secondary N) is 1. The van der Waals surface area contributed by atoms with Gasteiger partial charge < -0.3 is 25.3 Å². The summed E-state index contributed by atoms with van der Waals surface area (Å²) < 4.78 is 20.3. The number of anilines is 1. The van der Waals surface area contributed by atoms with Gasteiger partial charge in [-0.3, -0.25) is 24.0 Å². The van der Waals surface area contributed by atoms with Crippen LogP contribution in [0.2, 0.25) is 5.82 Å². The van der Waals surface area contributed by atoms with Crippen LogP contribution in [0.5, 0.6) is 0 Å². The van der Waals surface area contributed by atoms with Gasteiger partial charge in [0.05, 0.1) is 17.8 Å². The molecule has 0 spiro atoms. The van der Waals surface area contributed by atoms with Gasteiger partial charge in [-0.25, -0.2) is 4.79 Å². The van der Waals surface area contributed by atoms with Gasteiger partial charge in [-0.1, -0.05) is 44.2 Å². The van der Waals surface area contributed by atoms with Crippen molar-refractivity contribution in [1.29, 1.82) is 0 Å². The van der Waals surface area contributed by atoms with E-state index in [2.05, 4.69) is 22.6 Å². The molecule has 0 radical (unpaired) electrons. The number of aromatic nitrogens is 3. The minimum absolute atomic E-state index is 0.0844. The first-order chi connectivity index (χ1) is 25.0. The molecule has 9 atom stereocenters. The number of ketones is 2. The molecule has 53 heavy (non-hydrogen) atoms. The number of Topliss-reactive ketones (excluding diaryl/α,β-unsaturated/α-hetero) is 1. The van der Waals surface area contributed by atoms with Crippen LogP contribution < -0.4 is 11.1 Å². The number of benzene rings is 1. The van der Waals surface area contributed by atoms with E-state index in [0.717, 1.165) is 11.3 Å². The van der Waals surface area contributed by atoms with Crippen molar-refractivity contribution in [3.05, 3.63) is 42.6 Å². The minimum atomic E-state index is -1.27. The first-order valence-corrected chi connectivity index (χ1v) is 19.0. The zero-order chi connectivity index (χ0) is 39.1. The van der Waals surface area contributed by atoms with Crippen LogP contribution >= 0.6 is 0 Å². The maximum absolute atomic E-state index is 13.9. The van der Waals surface area contributed by atoms with Crippen LogP contribution in [0.25, 0.3) is 11.3 Å². The Kier molecular flexibility index (Phi) is 14.1. The van der Waals surface area contributed by atoms with E-state index < -0.39 is 47.2 Å². The van der Waals surface area contributed by atoms with Gasteiger partial charge in [0.2, 0.25) is 0 Å². The minimum Gasteiger partial charge on any atom is -0.458 e. The van der Waals surface area contributed by atoms with E-state index in [1.807, 2.05) is 72.1 Å². The van der Waals surface area contributed by atoms with Crippen molar-refractivity contribution < 1.29 is 33.4 Å². The molecule has 13 nitrogen and oxygen atoms in total. The number of nitrogen functional groups attached to an aromatic ring is 1. The van der Waals surface area contributed by atoms with Crippen molar-refractivity contribution in [3.8, 4) is 11.3 Å². The fraction of sp³-hybridized carbons (Fsp3) is 0.641. The molecule has 1 amide bonds. The molecule has 0 saturated carbocycles. The summed E-state index contributed by atoms with van der Waals surface area (Å²) in [6.07, 6.45) is 6.62. The summed E-state index contributed by atoms with van der Waals surface area (Å²) in [7, 11) is 3.66. The third-order valence-corrected chi connectivity index (χ3v) is 11.5. The first kappa shape index (κ1) is 41.7. The molecule has 2 fully saturated rings. The molecule has 0 bridgehead atoms. The molecular weight excluding hydrogens is 675 g/mol. The zero-order valence-corrected chi connectivity index (χ0v) is 33.0. The Morgan fingerprint density at radius 2 is 1.89 bits per heavy atom. The third-order valence-electron chi connectivity index (χ3n) is 11.5. The first-order valence-electron chi connectivity index (χ1n) is 19.0. The molecule has 3 heterocycles. The summed E-state index contributed by atoms with van der Waals surface area (Å²) in [5, 5.41) is 12.3. The monoisotopic (exact) mass is 734 g/mol. The van der Waals surface area contributed by atoms with E-state index in [-0.39, 0.29) is 29.3 Å². The Hall–Kier alpha value is -4.04. The molecule has 290 valence electrons. The van der Waals surface area contributed by atoms with Crippen LogP contribution in [0.1, 0.15) is 80.6 Å². The number of aryl methyl sites for hydroxylation is 1. The fourth-order valence-corrected chi connectivity index (χ4v) is 8.04. The van der Waals surface area contributed by atoms with Crippen LogP contribution in [0.4, 0.5) is 10.5 Å². The van der Waals surface area contributed by atoms with E-state index in [9.17, 15) is 19.2 Å². The highest BCUT2D eigenvalue weighted by Crippen LogP contribution is 2.41. The molecule has 4 rings (SSSR count). The molecule has 2 aliphatic heterocycles. The van der Waals surface area contributed by atoms with Gasteiger partial charge in [0.1, 0.15) is 31.3 Å². The summed E-state index contributed by atoms with van der Waals surface area (Å²) in [5.41, 5.74) is 6.28. The molecule has 2 saturated heterocycles. The maximum atomic E-state index is 13.9. The molecular formula is C39H59BN6O7. The van der Waals surface area contributed by atoms with Gasteiger partial charge in [0.15, 0.2) is 11.4 Å². The number of nitrogens with zero attached hydrogens (tertiary/aromatic N) is 4. The molecule has 14 heteroatoms. The lowest BCUT2D eigenvalue weighted by molar-refractivity contribution is -0.170. The molecule has 1 aromatic heterocycles. The number of cyclic esters (lactones) is 1. The molecule has 0 unspecified atom stereocenters. The lowest BCUT2D eigenvalue weighted by Crippen LogP contribution is -2.61. The number of esters is 1. The van der Waals surface area contributed by atoms with Crippen LogP contribution in [0.15, 0.2) is 42.6 Å². The second-order valence-electron chi connectivity index (χ2n) is 15.5. The van der Waals surface area contributed by atoms with Crippen LogP contribution in [-0.2, 0) is 35.1 Å². The number of ether oxygens (including phenoxy) is 3. The smallest absolute Gasteiger partial charge is 0.410 e. The zero-order valence-electron chi connectivity index (χ0n) is 33.0. The van der Waals surface area contributed by atoms with Crippen LogP contribution in [-0.4, -0.2) is 101 Å². The third kappa shape index (κ3) is 9.75. The van der Waals surface area contributed by atoms with Crippen molar-refractivity contribution in [2.24, 2.45) is 17.8 Å². The second kappa shape index (κ2) is 17.9. The fourth-order valence-electron chi connectivity index (χ4n) is 8.04. The van der Waals surface area contributed by atoms with Gasteiger partial charge >= 0.3 is 12.1 Å².